The molecule has 2 rings (SSSR count). The molecular weight excluding hydrogens is 305 g/mol. The Labute approximate surface area is 133 Å². The molecule has 0 atom stereocenters. The topological polar surface area (TPSA) is 12.5 Å². The normalized spacial score (nSPS) is 16.3. The predicted octanol–water partition coefficient (Wildman–Crippen LogP) is 4.44. The largest absolute Gasteiger partial charge is 0.490 e. The molecule has 1 aliphatic heterocycles. The second kappa shape index (κ2) is 9.71. The van der Waals surface area contributed by atoms with E-state index in [1.165, 1.54) is 13.0 Å². The molecule has 0 radical (unpaired) electrons. The van der Waals surface area contributed by atoms with Gasteiger partial charge in [-0.3, -0.25) is 0 Å². The molecule has 1 fully saturated rings. The first-order valence-electron chi connectivity index (χ1n) is 6.42. The lowest BCUT2D eigenvalue weighted by atomic mass is 10.1. The molecule has 1 aromatic carbocycles. The third kappa shape index (κ3) is 6.22. The van der Waals surface area contributed by atoms with Gasteiger partial charge in [-0.15, -0.1) is 24.8 Å². The van der Waals surface area contributed by atoms with E-state index in [1.807, 2.05) is 24.3 Å². The van der Waals surface area contributed by atoms with Crippen molar-refractivity contribution in [2.75, 3.05) is 19.6 Å². The first-order valence-corrected chi connectivity index (χ1v) is 6.80. The molecule has 0 amide bonds. The van der Waals surface area contributed by atoms with Crippen LogP contribution in [0.15, 0.2) is 24.3 Å². The first kappa shape index (κ1) is 18.9. The molecule has 0 unspecified atom stereocenters. The van der Waals surface area contributed by atoms with Crippen molar-refractivity contribution in [2.24, 2.45) is 0 Å². The Bertz CT molecular complexity index is 354. The zero-order valence-electron chi connectivity index (χ0n) is 11.2. The van der Waals surface area contributed by atoms with Gasteiger partial charge in [0.15, 0.2) is 0 Å². The molecule has 5 heteroatoms. The fraction of sp³-hybridized carbons (Fsp3) is 0.571. The number of rotatable bonds is 4. The summed E-state index contributed by atoms with van der Waals surface area (Å²) in [5.41, 5.74) is 0. The lowest BCUT2D eigenvalue weighted by Crippen LogP contribution is -2.38. The Hall–Kier alpha value is -0.150. The van der Waals surface area contributed by atoms with E-state index in [9.17, 15) is 0 Å². The maximum absolute atomic E-state index is 5.95. The molecule has 1 aliphatic rings. The molecule has 1 aromatic rings. The minimum atomic E-state index is 0. The van der Waals surface area contributed by atoms with Gasteiger partial charge >= 0.3 is 0 Å². The third-order valence-electron chi connectivity index (χ3n) is 3.17. The minimum absolute atomic E-state index is 0. The number of hydrogen-bond acceptors (Lipinski definition) is 2. The van der Waals surface area contributed by atoms with E-state index in [0.29, 0.717) is 6.10 Å². The van der Waals surface area contributed by atoms with Gasteiger partial charge in [0, 0.05) is 18.1 Å². The van der Waals surface area contributed by atoms with Crippen LogP contribution in [0.5, 0.6) is 5.75 Å². The zero-order valence-corrected chi connectivity index (χ0v) is 13.6. The second-order valence-electron chi connectivity index (χ2n) is 4.62. The summed E-state index contributed by atoms with van der Waals surface area (Å²) in [6.07, 6.45) is 3.82. The average molecular weight is 327 g/mol. The highest BCUT2D eigenvalue weighted by molar-refractivity contribution is 6.30. The van der Waals surface area contributed by atoms with Gasteiger partial charge in [-0.1, -0.05) is 24.6 Å². The molecular formula is C14H22Cl3NO. The fourth-order valence-corrected chi connectivity index (χ4v) is 2.48. The lowest BCUT2D eigenvalue weighted by molar-refractivity contribution is 0.101. The quantitative estimate of drug-likeness (QED) is 0.811. The first-order chi connectivity index (χ1) is 8.28. The number of hydrogen-bond donors (Lipinski definition) is 0. The van der Waals surface area contributed by atoms with E-state index < -0.39 is 0 Å². The van der Waals surface area contributed by atoms with Gasteiger partial charge in [0.05, 0.1) is 0 Å². The number of likely N-dealkylation sites (tertiary alicyclic amines) is 1. The summed E-state index contributed by atoms with van der Waals surface area (Å²) in [5.74, 6) is 0.895. The molecule has 110 valence electrons. The predicted molar refractivity (Wildman–Crippen MR) is 86.3 cm³/mol. The molecule has 0 aromatic heterocycles. The number of benzene rings is 1. The Balaban J connectivity index is 0.00000162. The summed E-state index contributed by atoms with van der Waals surface area (Å²) < 4.78 is 5.95. The molecule has 0 aliphatic carbocycles. The van der Waals surface area contributed by atoms with Crippen LogP contribution in [0, 0.1) is 0 Å². The highest BCUT2D eigenvalue weighted by Crippen LogP contribution is 2.22. The van der Waals surface area contributed by atoms with Crippen molar-refractivity contribution in [3.05, 3.63) is 29.3 Å². The lowest BCUT2D eigenvalue weighted by Gasteiger charge is -2.31. The summed E-state index contributed by atoms with van der Waals surface area (Å²) in [6.45, 7) is 5.75. The molecule has 19 heavy (non-hydrogen) atoms. The molecule has 0 bridgehead atoms. The van der Waals surface area contributed by atoms with Crippen molar-refractivity contribution in [3.63, 3.8) is 0 Å². The van der Waals surface area contributed by atoms with Gasteiger partial charge in [-0.05, 0) is 44.0 Å². The maximum atomic E-state index is 5.95. The van der Waals surface area contributed by atoms with Crippen LogP contribution in [-0.4, -0.2) is 30.6 Å². The molecule has 1 heterocycles. The number of nitrogens with zero attached hydrogens (tertiary/aromatic N) is 1. The van der Waals surface area contributed by atoms with E-state index in [1.54, 1.807) is 0 Å². The van der Waals surface area contributed by atoms with E-state index in [4.69, 9.17) is 16.3 Å². The summed E-state index contributed by atoms with van der Waals surface area (Å²) in [6, 6.07) is 7.67. The van der Waals surface area contributed by atoms with Crippen molar-refractivity contribution in [3.8, 4) is 5.75 Å². The van der Waals surface area contributed by atoms with Crippen molar-refractivity contribution < 1.29 is 4.74 Å². The van der Waals surface area contributed by atoms with Crippen LogP contribution in [-0.2, 0) is 0 Å². The average Bonchev–Trinajstić information content (AvgIpc) is 2.32. The van der Waals surface area contributed by atoms with Crippen molar-refractivity contribution >= 4 is 36.4 Å². The summed E-state index contributed by atoms with van der Waals surface area (Å²) in [4.78, 5) is 2.51. The summed E-state index contributed by atoms with van der Waals surface area (Å²) in [5, 5.41) is 0.742. The Kier molecular flexibility index (Phi) is 9.63. The molecule has 0 saturated carbocycles. The molecule has 2 nitrogen and oxygen atoms in total. The standard InChI is InChI=1S/C14H20ClNO.2ClH/c1-2-8-16-9-6-13(7-10-16)17-14-5-3-4-12(15)11-14;;/h3-5,11,13H,2,6-10H2,1H3;2*1H. The van der Waals surface area contributed by atoms with Crippen LogP contribution in [0.4, 0.5) is 0 Å². The van der Waals surface area contributed by atoms with Crippen LogP contribution in [0.1, 0.15) is 26.2 Å². The van der Waals surface area contributed by atoms with Crippen LogP contribution in [0.3, 0.4) is 0 Å². The van der Waals surface area contributed by atoms with Gasteiger partial charge < -0.3 is 9.64 Å². The van der Waals surface area contributed by atoms with E-state index >= 15 is 0 Å². The third-order valence-corrected chi connectivity index (χ3v) is 3.41. The Morgan fingerprint density at radius 1 is 1.26 bits per heavy atom. The van der Waals surface area contributed by atoms with Crippen molar-refractivity contribution in [2.45, 2.75) is 32.3 Å². The highest BCUT2D eigenvalue weighted by atomic mass is 35.5. The zero-order chi connectivity index (χ0) is 12.1. The Morgan fingerprint density at radius 2 is 1.95 bits per heavy atom. The maximum Gasteiger partial charge on any atom is 0.121 e. The summed E-state index contributed by atoms with van der Waals surface area (Å²) >= 11 is 5.94. The van der Waals surface area contributed by atoms with Gasteiger partial charge in [0.2, 0.25) is 0 Å². The minimum Gasteiger partial charge on any atom is -0.490 e. The van der Waals surface area contributed by atoms with E-state index in [-0.39, 0.29) is 24.8 Å². The fourth-order valence-electron chi connectivity index (χ4n) is 2.30. The smallest absolute Gasteiger partial charge is 0.121 e. The van der Waals surface area contributed by atoms with Crippen molar-refractivity contribution in [1.29, 1.82) is 0 Å². The van der Waals surface area contributed by atoms with Gasteiger partial charge in [-0.25, -0.2) is 0 Å². The Morgan fingerprint density at radius 3 is 2.53 bits per heavy atom. The number of piperidine rings is 1. The highest BCUT2D eigenvalue weighted by Gasteiger charge is 2.19. The summed E-state index contributed by atoms with van der Waals surface area (Å²) in [7, 11) is 0. The van der Waals surface area contributed by atoms with Crippen LogP contribution < -0.4 is 4.74 Å². The number of ether oxygens (including phenoxy) is 1. The van der Waals surface area contributed by atoms with Gasteiger partial charge in [0.1, 0.15) is 11.9 Å². The van der Waals surface area contributed by atoms with Crippen LogP contribution >= 0.6 is 36.4 Å². The van der Waals surface area contributed by atoms with Crippen LogP contribution in [0.25, 0.3) is 0 Å². The monoisotopic (exact) mass is 325 g/mol. The second-order valence-corrected chi connectivity index (χ2v) is 5.05. The van der Waals surface area contributed by atoms with Crippen LogP contribution in [0.2, 0.25) is 5.02 Å². The molecule has 0 N–H and O–H groups in total. The number of halogens is 3. The van der Waals surface area contributed by atoms with E-state index in [2.05, 4.69) is 11.8 Å². The molecule has 1 saturated heterocycles. The van der Waals surface area contributed by atoms with E-state index in [0.717, 1.165) is 36.7 Å². The SMILES string of the molecule is CCCN1CCC(Oc2cccc(Cl)c2)CC1.Cl.Cl. The van der Waals surface area contributed by atoms with Gasteiger partial charge in [-0.2, -0.15) is 0 Å². The molecule has 0 spiro atoms. The van der Waals surface area contributed by atoms with Crippen molar-refractivity contribution in [1.82, 2.24) is 4.90 Å². The van der Waals surface area contributed by atoms with Gasteiger partial charge in [0.25, 0.3) is 0 Å².